The van der Waals surface area contributed by atoms with Gasteiger partial charge in [0.2, 0.25) is 5.89 Å². The molecule has 1 aromatic rings. The van der Waals surface area contributed by atoms with Gasteiger partial charge in [-0.05, 0) is 5.41 Å². The van der Waals surface area contributed by atoms with Gasteiger partial charge >= 0.3 is 0 Å². The fourth-order valence-corrected chi connectivity index (χ4v) is 1.05. The molecular formula is C9H16N2O. The van der Waals surface area contributed by atoms with Gasteiger partial charge in [-0.15, -0.1) is 0 Å². The Morgan fingerprint density at radius 3 is 2.58 bits per heavy atom. The topological polar surface area (TPSA) is 52.0 Å². The zero-order valence-corrected chi connectivity index (χ0v) is 7.92. The maximum Gasteiger partial charge on any atom is 0.208 e. The minimum atomic E-state index is 0.241. The van der Waals surface area contributed by atoms with Crippen LogP contribution in [-0.4, -0.2) is 4.98 Å². The maximum absolute atomic E-state index is 5.37. The van der Waals surface area contributed by atoms with Crippen LogP contribution in [0.1, 0.15) is 32.4 Å². The van der Waals surface area contributed by atoms with Crippen molar-refractivity contribution in [2.75, 3.05) is 0 Å². The molecule has 0 bridgehead atoms. The van der Waals surface area contributed by atoms with E-state index < -0.39 is 0 Å². The predicted molar refractivity (Wildman–Crippen MR) is 47.6 cm³/mol. The van der Waals surface area contributed by atoms with Crippen LogP contribution in [0.15, 0.2) is 10.6 Å². The first-order chi connectivity index (χ1) is 5.51. The lowest BCUT2D eigenvalue weighted by Crippen LogP contribution is -2.08. The zero-order valence-electron chi connectivity index (χ0n) is 7.92. The van der Waals surface area contributed by atoms with Crippen molar-refractivity contribution in [3.8, 4) is 0 Å². The Labute approximate surface area is 73.0 Å². The van der Waals surface area contributed by atoms with Crippen LogP contribution in [0.5, 0.6) is 0 Å². The van der Waals surface area contributed by atoms with Crippen LogP contribution < -0.4 is 5.73 Å². The first-order valence-electron chi connectivity index (χ1n) is 4.15. The summed E-state index contributed by atoms with van der Waals surface area (Å²) in [6.07, 6.45) is 2.66. The predicted octanol–water partition coefficient (Wildman–Crippen LogP) is 1.72. The maximum atomic E-state index is 5.37. The van der Waals surface area contributed by atoms with Gasteiger partial charge in [-0.2, -0.15) is 0 Å². The molecule has 2 N–H and O–H groups in total. The summed E-state index contributed by atoms with van der Waals surface area (Å²) in [4.78, 5) is 4.03. The Morgan fingerprint density at radius 1 is 1.50 bits per heavy atom. The van der Waals surface area contributed by atoms with E-state index in [-0.39, 0.29) is 5.41 Å². The molecule has 1 rings (SSSR count). The number of hydrogen-bond acceptors (Lipinski definition) is 3. The van der Waals surface area contributed by atoms with Crippen LogP contribution >= 0.6 is 0 Å². The molecule has 0 fully saturated rings. The molecule has 0 aromatic carbocycles. The third-order valence-corrected chi connectivity index (χ3v) is 1.48. The van der Waals surface area contributed by atoms with E-state index in [4.69, 9.17) is 10.2 Å². The Morgan fingerprint density at radius 2 is 2.17 bits per heavy atom. The first-order valence-corrected chi connectivity index (χ1v) is 4.15. The Hall–Kier alpha value is -0.830. The molecule has 3 heteroatoms. The first kappa shape index (κ1) is 9.26. The summed E-state index contributed by atoms with van der Waals surface area (Å²) >= 11 is 0. The van der Waals surface area contributed by atoms with Gasteiger partial charge in [-0.3, -0.25) is 0 Å². The Balaban J connectivity index is 2.64. The van der Waals surface area contributed by atoms with Gasteiger partial charge in [0.25, 0.3) is 0 Å². The quantitative estimate of drug-likeness (QED) is 0.731. The third-order valence-electron chi connectivity index (χ3n) is 1.48. The molecule has 0 amide bonds. The van der Waals surface area contributed by atoms with Crippen molar-refractivity contribution in [2.45, 2.75) is 33.7 Å². The van der Waals surface area contributed by atoms with Crippen molar-refractivity contribution >= 4 is 0 Å². The second-order valence-corrected chi connectivity index (χ2v) is 4.16. The summed E-state index contributed by atoms with van der Waals surface area (Å²) in [5.41, 5.74) is 5.61. The molecule has 0 unspecified atom stereocenters. The van der Waals surface area contributed by atoms with Gasteiger partial charge in [-0.1, -0.05) is 20.8 Å². The van der Waals surface area contributed by atoms with Crippen LogP contribution in [0.4, 0.5) is 0 Å². The average molecular weight is 168 g/mol. The van der Waals surface area contributed by atoms with E-state index in [1.807, 2.05) is 0 Å². The van der Waals surface area contributed by atoms with E-state index in [1.54, 1.807) is 6.20 Å². The second kappa shape index (κ2) is 3.27. The van der Waals surface area contributed by atoms with Crippen LogP contribution in [0.2, 0.25) is 0 Å². The lowest BCUT2D eigenvalue weighted by molar-refractivity contribution is 0.352. The van der Waals surface area contributed by atoms with E-state index in [0.29, 0.717) is 12.4 Å². The zero-order chi connectivity index (χ0) is 9.19. The minimum absolute atomic E-state index is 0.241. The van der Waals surface area contributed by atoms with Gasteiger partial charge < -0.3 is 10.2 Å². The molecule has 3 nitrogen and oxygen atoms in total. The summed E-state index contributed by atoms with van der Waals surface area (Å²) in [5.74, 6) is 1.54. The standard InChI is InChI=1S/C9H16N2O/c1-9(2,3)4-7-6-11-8(5-10)12-7/h6H,4-5,10H2,1-3H3. The van der Waals surface area contributed by atoms with Gasteiger partial charge in [0.05, 0.1) is 12.7 Å². The molecule has 0 saturated heterocycles. The molecule has 1 heterocycles. The SMILES string of the molecule is CC(C)(C)Cc1cnc(CN)o1. The van der Waals surface area contributed by atoms with Crippen molar-refractivity contribution in [2.24, 2.45) is 11.1 Å². The number of nitrogens with zero attached hydrogens (tertiary/aromatic N) is 1. The van der Waals surface area contributed by atoms with Crippen LogP contribution in [-0.2, 0) is 13.0 Å². The molecule has 0 radical (unpaired) electrons. The van der Waals surface area contributed by atoms with Crippen LogP contribution in [0.25, 0.3) is 0 Å². The third kappa shape index (κ3) is 2.66. The molecule has 0 aliphatic carbocycles. The molecule has 0 aliphatic rings. The summed E-state index contributed by atoms with van der Waals surface area (Å²) in [7, 11) is 0. The molecule has 0 saturated carbocycles. The van der Waals surface area contributed by atoms with Crippen molar-refractivity contribution in [1.82, 2.24) is 4.98 Å². The largest absolute Gasteiger partial charge is 0.444 e. The van der Waals surface area contributed by atoms with Crippen molar-refractivity contribution in [3.63, 3.8) is 0 Å². The van der Waals surface area contributed by atoms with Crippen molar-refractivity contribution < 1.29 is 4.42 Å². The molecule has 0 atom stereocenters. The molecular weight excluding hydrogens is 152 g/mol. The Kier molecular flexibility index (Phi) is 2.52. The molecule has 68 valence electrons. The molecule has 12 heavy (non-hydrogen) atoms. The highest BCUT2D eigenvalue weighted by atomic mass is 16.4. The van der Waals surface area contributed by atoms with E-state index in [9.17, 15) is 0 Å². The van der Waals surface area contributed by atoms with Gasteiger partial charge in [0.1, 0.15) is 5.76 Å². The lowest BCUT2D eigenvalue weighted by Gasteiger charge is -2.15. The number of aromatic nitrogens is 1. The molecule has 1 aromatic heterocycles. The van der Waals surface area contributed by atoms with E-state index in [0.717, 1.165) is 12.2 Å². The van der Waals surface area contributed by atoms with Crippen molar-refractivity contribution in [3.05, 3.63) is 17.8 Å². The minimum Gasteiger partial charge on any atom is -0.444 e. The van der Waals surface area contributed by atoms with E-state index in [2.05, 4.69) is 25.8 Å². The fourth-order valence-electron chi connectivity index (χ4n) is 1.05. The lowest BCUT2D eigenvalue weighted by atomic mass is 9.91. The summed E-state index contributed by atoms with van der Waals surface area (Å²) < 4.78 is 5.37. The molecule has 0 spiro atoms. The number of rotatable bonds is 2. The van der Waals surface area contributed by atoms with Gasteiger partial charge in [0, 0.05) is 6.42 Å². The van der Waals surface area contributed by atoms with Crippen molar-refractivity contribution in [1.29, 1.82) is 0 Å². The Bertz CT molecular complexity index is 247. The average Bonchev–Trinajstić information content (AvgIpc) is 2.32. The summed E-state index contributed by atoms with van der Waals surface area (Å²) in [6, 6.07) is 0. The van der Waals surface area contributed by atoms with Crippen LogP contribution in [0.3, 0.4) is 0 Å². The van der Waals surface area contributed by atoms with E-state index >= 15 is 0 Å². The number of nitrogens with two attached hydrogens (primary N) is 1. The van der Waals surface area contributed by atoms with Gasteiger partial charge in [-0.25, -0.2) is 4.98 Å². The highest BCUT2D eigenvalue weighted by Crippen LogP contribution is 2.20. The monoisotopic (exact) mass is 168 g/mol. The summed E-state index contributed by atoms with van der Waals surface area (Å²) in [5, 5.41) is 0. The van der Waals surface area contributed by atoms with E-state index in [1.165, 1.54) is 0 Å². The number of hydrogen-bond donors (Lipinski definition) is 1. The normalized spacial score (nSPS) is 12.0. The smallest absolute Gasteiger partial charge is 0.208 e. The fraction of sp³-hybridized carbons (Fsp3) is 0.667. The molecule has 0 aliphatic heterocycles. The second-order valence-electron chi connectivity index (χ2n) is 4.16. The highest BCUT2D eigenvalue weighted by Gasteiger charge is 2.14. The highest BCUT2D eigenvalue weighted by molar-refractivity contribution is 4.96. The number of oxazole rings is 1. The van der Waals surface area contributed by atoms with Crippen LogP contribution in [0, 0.1) is 5.41 Å². The van der Waals surface area contributed by atoms with Gasteiger partial charge in [0.15, 0.2) is 0 Å². The summed E-state index contributed by atoms with van der Waals surface area (Å²) in [6.45, 7) is 6.87.